The lowest BCUT2D eigenvalue weighted by atomic mass is 9.91. The lowest BCUT2D eigenvalue weighted by Gasteiger charge is -2.37. The third-order valence-corrected chi connectivity index (χ3v) is 4.09. The molecule has 0 heterocycles. The van der Waals surface area contributed by atoms with Crippen LogP contribution in [0.2, 0.25) is 0 Å². The van der Waals surface area contributed by atoms with Gasteiger partial charge < -0.3 is 14.9 Å². The van der Waals surface area contributed by atoms with Gasteiger partial charge in [0.15, 0.2) is 0 Å². The Labute approximate surface area is 125 Å². The fraction of sp³-hybridized carbons (Fsp3) is 0.500. The van der Waals surface area contributed by atoms with E-state index in [1.165, 1.54) is 11.8 Å². The number of rotatable bonds is 5. The normalized spacial score (nSPS) is 14.4. The zero-order valence-electron chi connectivity index (χ0n) is 12.6. The summed E-state index contributed by atoms with van der Waals surface area (Å²) in [5, 5.41) is 9.21. The van der Waals surface area contributed by atoms with E-state index in [0.717, 1.165) is 19.3 Å². The molecule has 1 fully saturated rings. The van der Waals surface area contributed by atoms with Crippen molar-refractivity contribution in [3.63, 3.8) is 0 Å². The second kappa shape index (κ2) is 6.72. The molecule has 1 N–H and O–H groups in total. The van der Waals surface area contributed by atoms with Crippen LogP contribution in [0.5, 0.6) is 0 Å². The number of aliphatic hydroxyl groups excluding tert-OH is 1. The van der Waals surface area contributed by atoms with Gasteiger partial charge in [-0.05, 0) is 31.4 Å². The van der Waals surface area contributed by atoms with Crippen molar-refractivity contribution < 1.29 is 14.7 Å². The predicted molar refractivity (Wildman–Crippen MR) is 81.3 cm³/mol. The van der Waals surface area contributed by atoms with Crippen LogP contribution in [0.4, 0.5) is 5.69 Å². The van der Waals surface area contributed by atoms with Crippen LogP contribution >= 0.6 is 0 Å². The highest BCUT2D eigenvalue weighted by atomic mass is 16.3. The lowest BCUT2D eigenvalue weighted by Crippen LogP contribution is -2.46. The molecule has 0 aromatic heterocycles. The summed E-state index contributed by atoms with van der Waals surface area (Å²) in [6.07, 6.45) is 3.09. The molecule has 0 spiro atoms. The van der Waals surface area contributed by atoms with Gasteiger partial charge in [-0.2, -0.15) is 0 Å². The van der Waals surface area contributed by atoms with Gasteiger partial charge in [0.2, 0.25) is 5.91 Å². The highest BCUT2D eigenvalue weighted by molar-refractivity contribution is 6.04. The summed E-state index contributed by atoms with van der Waals surface area (Å²) in [4.78, 5) is 27.6. The van der Waals surface area contributed by atoms with Crippen LogP contribution in [0, 0.1) is 0 Å². The van der Waals surface area contributed by atoms with Gasteiger partial charge in [0.1, 0.15) is 0 Å². The summed E-state index contributed by atoms with van der Waals surface area (Å²) < 4.78 is 0. The molecule has 1 saturated carbocycles. The first-order valence-electron chi connectivity index (χ1n) is 7.31. The number of benzene rings is 1. The smallest absolute Gasteiger partial charge is 0.256 e. The maximum absolute atomic E-state index is 12.8. The summed E-state index contributed by atoms with van der Waals surface area (Å²) in [6, 6.07) is 7.32. The number of nitrogens with zero attached hydrogens (tertiary/aromatic N) is 2. The predicted octanol–water partition coefficient (Wildman–Crippen LogP) is 1.66. The number of amides is 2. The summed E-state index contributed by atoms with van der Waals surface area (Å²) in [6.45, 7) is 1.76. The number of hydrogen-bond acceptors (Lipinski definition) is 3. The van der Waals surface area contributed by atoms with Crippen LogP contribution in [0.25, 0.3) is 0 Å². The monoisotopic (exact) mass is 290 g/mol. The molecular formula is C16H22N2O3. The van der Waals surface area contributed by atoms with Gasteiger partial charge in [-0.25, -0.2) is 0 Å². The Morgan fingerprint density at radius 2 is 1.95 bits per heavy atom. The van der Waals surface area contributed by atoms with Crippen LogP contribution in [-0.2, 0) is 4.79 Å². The first-order valence-corrected chi connectivity index (χ1v) is 7.31. The highest BCUT2D eigenvalue weighted by Crippen LogP contribution is 2.28. The molecule has 0 atom stereocenters. The topological polar surface area (TPSA) is 60.9 Å². The molecule has 1 aliphatic rings. The number of aliphatic hydroxyl groups is 1. The quantitative estimate of drug-likeness (QED) is 0.897. The largest absolute Gasteiger partial charge is 0.395 e. The molecule has 0 bridgehead atoms. The first kappa shape index (κ1) is 15.5. The standard InChI is InChI=1S/C16H22N2O3/c1-12(20)17(2)15-9-4-3-8-14(15)16(21)18(10-11-19)13-6-5-7-13/h3-4,8-9,13,19H,5-7,10-11H2,1-2H3. The van der Waals surface area contributed by atoms with Gasteiger partial charge >= 0.3 is 0 Å². The number of para-hydroxylation sites is 1. The van der Waals surface area contributed by atoms with Crippen molar-refractivity contribution in [2.24, 2.45) is 0 Å². The Bertz CT molecular complexity index is 526. The third kappa shape index (κ3) is 3.24. The Balaban J connectivity index is 2.30. The van der Waals surface area contributed by atoms with Gasteiger partial charge in [-0.15, -0.1) is 0 Å². The molecule has 0 saturated heterocycles. The van der Waals surface area contributed by atoms with Gasteiger partial charge in [-0.3, -0.25) is 9.59 Å². The van der Waals surface area contributed by atoms with Crippen molar-refractivity contribution in [2.75, 3.05) is 25.1 Å². The van der Waals surface area contributed by atoms with E-state index in [0.29, 0.717) is 17.8 Å². The van der Waals surface area contributed by atoms with Crippen LogP contribution in [-0.4, -0.2) is 48.1 Å². The van der Waals surface area contributed by atoms with Crippen LogP contribution in [0.1, 0.15) is 36.5 Å². The summed E-state index contributed by atoms with van der Waals surface area (Å²) in [7, 11) is 1.66. The Hall–Kier alpha value is -1.88. The van der Waals surface area contributed by atoms with Crippen LogP contribution < -0.4 is 4.90 Å². The van der Waals surface area contributed by atoms with Crippen molar-refractivity contribution in [3.8, 4) is 0 Å². The van der Waals surface area contributed by atoms with E-state index in [4.69, 9.17) is 0 Å². The van der Waals surface area contributed by atoms with Gasteiger partial charge in [0.05, 0.1) is 17.9 Å². The van der Waals surface area contributed by atoms with Crippen molar-refractivity contribution in [3.05, 3.63) is 29.8 Å². The molecule has 1 aromatic rings. The van der Waals surface area contributed by atoms with E-state index in [1.807, 2.05) is 6.07 Å². The van der Waals surface area contributed by atoms with E-state index < -0.39 is 0 Å². The summed E-state index contributed by atoms with van der Waals surface area (Å²) in [5.74, 6) is -0.231. The molecule has 114 valence electrons. The van der Waals surface area contributed by atoms with Crippen LogP contribution in [0.15, 0.2) is 24.3 Å². The minimum absolute atomic E-state index is 0.0487. The Kier molecular flexibility index (Phi) is 4.96. The number of anilines is 1. The van der Waals surface area contributed by atoms with Crippen molar-refractivity contribution in [1.82, 2.24) is 4.90 Å². The average Bonchev–Trinajstić information content (AvgIpc) is 2.43. The third-order valence-electron chi connectivity index (χ3n) is 4.09. The second-order valence-corrected chi connectivity index (χ2v) is 5.40. The first-order chi connectivity index (χ1) is 10.1. The van der Waals surface area contributed by atoms with E-state index in [2.05, 4.69) is 0 Å². The molecule has 2 amide bonds. The zero-order chi connectivity index (χ0) is 15.4. The van der Waals surface area contributed by atoms with Crippen molar-refractivity contribution in [2.45, 2.75) is 32.2 Å². The highest BCUT2D eigenvalue weighted by Gasteiger charge is 2.30. The number of carbonyl (C=O) groups excluding carboxylic acids is 2. The molecule has 1 aromatic carbocycles. The summed E-state index contributed by atoms with van der Waals surface area (Å²) in [5.41, 5.74) is 1.12. The molecule has 0 aliphatic heterocycles. The van der Waals surface area contributed by atoms with Crippen molar-refractivity contribution >= 4 is 17.5 Å². The van der Waals surface area contributed by atoms with Crippen molar-refractivity contribution in [1.29, 1.82) is 0 Å². The van der Waals surface area contributed by atoms with Gasteiger partial charge in [0.25, 0.3) is 5.91 Å². The van der Waals surface area contributed by atoms with E-state index in [1.54, 1.807) is 30.1 Å². The molecule has 0 radical (unpaired) electrons. The average molecular weight is 290 g/mol. The lowest BCUT2D eigenvalue weighted by molar-refractivity contribution is -0.116. The SMILES string of the molecule is CC(=O)N(C)c1ccccc1C(=O)N(CCO)C1CCC1. The minimum Gasteiger partial charge on any atom is -0.395 e. The zero-order valence-corrected chi connectivity index (χ0v) is 12.6. The molecule has 5 nitrogen and oxygen atoms in total. The maximum Gasteiger partial charge on any atom is 0.256 e. The number of hydrogen-bond donors (Lipinski definition) is 1. The molecule has 21 heavy (non-hydrogen) atoms. The molecule has 2 rings (SSSR count). The van der Waals surface area contributed by atoms with E-state index >= 15 is 0 Å². The Morgan fingerprint density at radius 1 is 1.29 bits per heavy atom. The Morgan fingerprint density at radius 3 is 2.48 bits per heavy atom. The maximum atomic E-state index is 12.8. The molecule has 0 unspecified atom stereocenters. The van der Waals surface area contributed by atoms with Gasteiger partial charge in [-0.1, -0.05) is 12.1 Å². The van der Waals surface area contributed by atoms with E-state index in [-0.39, 0.29) is 24.5 Å². The van der Waals surface area contributed by atoms with Gasteiger partial charge in [0, 0.05) is 26.6 Å². The van der Waals surface area contributed by atoms with E-state index in [9.17, 15) is 14.7 Å². The molecule has 5 heteroatoms. The molecule has 1 aliphatic carbocycles. The fourth-order valence-electron chi connectivity index (χ4n) is 2.53. The minimum atomic E-state index is -0.118. The second-order valence-electron chi connectivity index (χ2n) is 5.40. The summed E-state index contributed by atoms with van der Waals surface area (Å²) >= 11 is 0. The molecular weight excluding hydrogens is 268 g/mol. The fourth-order valence-corrected chi connectivity index (χ4v) is 2.53. The van der Waals surface area contributed by atoms with Crippen LogP contribution in [0.3, 0.4) is 0 Å². The number of carbonyl (C=O) groups is 2.